The van der Waals surface area contributed by atoms with Crippen molar-refractivity contribution in [2.75, 3.05) is 26.2 Å². The maximum absolute atomic E-state index is 13.6. The Hall–Kier alpha value is -1.86. The van der Waals surface area contributed by atoms with E-state index in [-0.39, 0.29) is 11.7 Å². The lowest BCUT2D eigenvalue weighted by molar-refractivity contribution is -0.0378. The van der Waals surface area contributed by atoms with Crippen LogP contribution in [0, 0.1) is 11.6 Å². The van der Waals surface area contributed by atoms with Crippen LogP contribution in [0.3, 0.4) is 0 Å². The fourth-order valence-electron chi connectivity index (χ4n) is 2.88. The second-order valence-electron chi connectivity index (χ2n) is 5.72. The predicted octanol–water partition coefficient (Wildman–Crippen LogP) is 1.89. The SMILES string of the molecule is Fc1cccc(F)c1CCCN1CCOC(Cn2ccnn2)C1. The minimum Gasteiger partial charge on any atom is -0.374 e. The number of halogens is 2. The number of hydrogen-bond acceptors (Lipinski definition) is 4. The summed E-state index contributed by atoms with van der Waals surface area (Å²) in [6.07, 6.45) is 4.64. The fraction of sp³-hybridized carbons (Fsp3) is 0.500. The lowest BCUT2D eigenvalue weighted by atomic mass is 10.1. The molecule has 0 amide bonds. The molecule has 0 aliphatic carbocycles. The first-order chi connectivity index (χ1) is 11.2. The quantitative estimate of drug-likeness (QED) is 0.815. The normalized spacial score (nSPS) is 19.1. The Morgan fingerprint density at radius 3 is 2.83 bits per heavy atom. The van der Waals surface area contributed by atoms with Gasteiger partial charge in [0, 0.05) is 24.8 Å². The van der Waals surface area contributed by atoms with E-state index in [0.29, 0.717) is 26.0 Å². The molecule has 1 aliphatic heterocycles. The third-order valence-electron chi connectivity index (χ3n) is 4.05. The molecule has 1 aromatic heterocycles. The van der Waals surface area contributed by atoms with E-state index >= 15 is 0 Å². The molecule has 2 aromatic rings. The van der Waals surface area contributed by atoms with Crippen molar-refractivity contribution in [2.45, 2.75) is 25.5 Å². The number of morpholine rings is 1. The summed E-state index contributed by atoms with van der Waals surface area (Å²) in [4.78, 5) is 2.27. The van der Waals surface area contributed by atoms with Crippen molar-refractivity contribution in [1.29, 1.82) is 0 Å². The summed E-state index contributed by atoms with van der Waals surface area (Å²) >= 11 is 0. The minimum atomic E-state index is -0.462. The molecule has 2 heterocycles. The first kappa shape index (κ1) is 16.0. The Labute approximate surface area is 133 Å². The van der Waals surface area contributed by atoms with Gasteiger partial charge in [-0.15, -0.1) is 5.10 Å². The Morgan fingerprint density at radius 1 is 1.26 bits per heavy atom. The molecule has 0 spiro atoms. The third kappa shape index (κ3) is 4.33. The third-order valence-corrected chi connectivity index (χ3v) is 4.05. The van der Waals surface area contributed by atoms with Crippen LogP contribution in [0.5, 0.6) is 0 Å². The molecule has 1 unspecified atom stereocenters. The lowest BCUT2D eigenvalue weighted by Crippen LogP contribution is -2.44. The van der Waals surface area contributed by atoms with Gasteiger partial charge in [0.25, 0.3) is 0 Å². The van der Waals surface area contributed by atoms with E-state index < -0.39 is 11.6 Å². The van der Waals surface area contributed by atoms with Crippen molar-refractivity contribution in [2.24, 2.45) is 0 Å². The average Bonchev–Trinajstić information content (AvgIpc) is 3.04. The fourth-order valence-corrected chi connectivity index (χ4v) is 2.88. The summed E-state index contributed by atoms with van der Waals surface area (Å²) in [5.41, 5.74) is 0.180. The predicted molar refractivity (Wildman–Crippen MR) is 80.9 cm³/mol. The smallest absolute Gasteiger partial charge is 0.129 e. The van der Waals surface area contributed by atoms with E-state index in [4.69, 9.17) is 4.74 Å². The molecule has 1 aromatic carbocycles. The summed E-state index contributed by atoms with van der Waals surface area (Å²) in [5, 5.41) is 7.72. The van der Waals surface area contributed by atoms with Crippen molar-refractivity contribution >= 4 is 0 Å². The second-order valence-corrected chi connectivity index (χ2v) is 5.72. The molecule has 0 bridgehead atoms. The molecule has 23 heavy (non-hydrogen) atoms. The van der Waals surface area contributed by atoms with Crippen LogP contribution in [-0.2, 0) is 17.7 Å². The van der Waals surface area contributed by atoms with Crippen molar-refractivity contribution in [1.82, 2.24) is 19.9 Å². The summed E-state index contributed by atoms with van der Waals surface area (Å²) in [7, 11) is 0. The monoisotopic (exact) mass is 322 g/mol. The van der Waals surface area contributed by atoms with Gasteiger partial charge in [-0.1, -0.05) is 11.3 Å². The van der Waals surface area contributed by atoms with Gasteiger partial charge in [0.2, 0.25) is 0 Å². The van der Waals surface area contributed by atoms with Crippen LogP contribution >= 0.6 is 0 Å². The molecule has 0 saturated carbocycles. The number of nitrogens with zero attached hydrogens (tertiary/aromatic N) is 4. The molecule has 1 fully saturated rings. The Balaban J connectivity index is 1.46. The van der Waals surface area contributed by atoms with Crippen molar-refractivity contribution in [3.8, 4) is 0 Å². The Kier molecular flexibility index (Phi) is 5.30. The van der Waals surface area contributed by atoms with Crippen molar-refractivity contribution in [3.63, 3.8) is 0 Å². The standard InChI is InChI=1S/C16H20F2N4O/c17-15-4-1-5-16(18)14(15)3-2-7-21-9-10-23-13(11-21)12-22-8-6-19-20-22/h1,4-6,8,13H,2-3,7,9-12H2. The van der Waals surface area contributed by atoms with Gasteiger partial charge in [-0.05, 0) is 31.5 Å². The zero-order chi connectivity index (χ0) is 16.1. The van der Waals surface area contributed by atoms with Gasteiger partial charge >= 0.3 is 0 Å². The summed E-state index contributed by atoms with van der Waals surface area (Å²) in [6.45, 7) is 3.75. The highest BCUT2D eigenvalue weighted by Gasteiger charge is 2.21. The van der Waals surface area contributed by atoms with Crippen molar-refractivity contribution in [3.05, 3.63) is 47.8 Å². The highest BCUT2D eigenvalue weighted by molar-refractivity contribution is 5.19. The number of ether oxygens (including phenoxy) is 1. The highest BCUT2D eigenvalue weighted by atomic mass is 19.1. The summed E-state index contributed by atoms with van der Waals surface area (Å²) < 4.78 is 34.7. The Bertz CT molecular complexity index is 600. The molecule has 1 saturated heterocycles. The number of benzene rings is 1. The molecule has 0 radical (unpaired) electrons. The molecule has 0 N–H and O–H groups in total. The molecule has 1 aliphatic rings. The van der Waals surface area contributed by atoms with Gasteiger partial charge < -0.3 is 4.74 Å². The molecular weight excluding hydrogens is 302 g/mol. The van der Waals surface area contributed by atoms with E-state index in [9.17, 15) is 8.78 Å². The Morgan fingerprint density at radius 2 is 2.09 bits per heavy atom. The van der Waals surface area contributed by atoms with E-state index in [1.807, 2.05) is 6.20 Å². The molecule has 124 valence electrons. The number of aromatic nitrogens is 3. The van der Waals surface area contributed by atoms with Gasteiger partial charge in [-0.25, -0.2) is 13.5 Å². The van der Waals surface area contributed by atoms with Crippen LogP contribution in [0.4, 0.5) is 8.78 Å². The molecular formula is C16H20F2N4O. The van der Waals surface area contributed by atoms with Gasteiger partial charge in [-0.3, -0.25) is 4.90 Å². The number of rotatable bonds is 6. The molecule has 5 nitrogen and oxygen atoms in total. The van der Waals surface area contributed by atoms with E-state index in [2.05, 4.69) is 15.2 Å². The highest BCUT2D eigenvalue weighted by Crippen LogP contribution is 2.15. The van der Waals surface area contributed by atoms with Crippen LogP contribution < -0.4 is 0 Å². The largest absolute Gasteiger partial charge is 0.374 e. The maximum Gasteiger partial charge on any atom is 0.129 e. The van der Waals surface area contributed by atoms with Gasteiger partial charge in [0.15, 0.2) is 0 Å². The van der Waals surface area contributed by atoms with Crippen LogP contribution in [0.15, 0.2) is 30.6 Å². The van der Waals surface area contributed by atoms with E-state index in [1.165, 1.54) is 18.2 Å². The zero-order valence-electron chi connectivity index (χ0n) is 12.9. The lowest BCUT2D eigenvalue weighted by Gasteiger charge is -2.32. The first-order valence-corrected chi connectivity index (χ1v) is 7.83. The topological polar surface area (TPSA) is 43.2 Å². The molecule has 1 atom stereocenters. The number of hydrogen-bond donors (Lipinski definition) is 0. The van der Waals surface area contributed by atoms with E-state index in [1.54, 1.807) is 10.9 Å². The van der Waals surface area contributed by atoms with Crippen LogP contribution in [0.2, 0.25) is 0 Å². The summed E-state index contributed by atoms with van der Waals surface area (Å²) in [6, 6.07) is 4.01. The van der Waals surface area contributed by atoms with Crippen LogP contribution in [0.25, 0.3) is 0 Å². The van der Waals surface area contributed by atoms with Gasteiger partial charge in [0.05, 0.1) is 25.5 Å². The molecule has 3 rings (SSSR count). The minimum absolute atomic E-state index is 0.0654. The van der Waals surface area contributed by atoms with Gasteiger partial charge in [-0.2, -0.15) is 0 Å². The van der Waals surface area contributed by atoms with Crippen molar-refractivity contribution < 1.29 is 13.5 Å². The van der Waals surface area contributed by atoms with Crippen LogP contribution in [-0.4, -0.2) is 52.2 Å². The zero-order valence-corrected chi connectivity index (χ0v) is 12.9. The average molecular weight is 322 g/mol. The van der Waals surface area contributed by atoms with E-state index in [0.717, 1.165) is 19.6 Å². The second kappa shape index (κ2) is 7.61. The van der Waals surface area contributed by atoms with Gasteiger partial charge in [0.1, 0.15) is 11.6 Å². The maximum atomic E-state index is 13.6. The van der Waals surface area contributed by atoms with Crippen LogP contribution in [0.1, 0.15) is 12.0 Å². The first-order valence-electron chi connectivity index (χ1n) is 7.83. The summed E-state index contributed by atoms with van der Waals surface area (Å²) in [5.74, 6) is -0.924. The molecule has 7 heteroatoms.